The van der Waals surface area contributed by atoms with Gasteiger partial charge in [-0.05, 0) is 28.8 Å². The molecule has 1 saturated heterocycles. The van der Waals surface area contributed by atoms with Gasteiger partial charge in [0.1, 0.15) is 6.04 Å². The van der Waals surface area contributed by atoms with Gasteiger partial charge in [0.2, 0.25) is 17.7 Å². The van der Waals surface area contributed by atoms with Crippen LogP contribution >= 0.6 is 11.3 Å². The lowest BCUT2D eigenvalue weighted by Gasteiger charge is -2.33. The second kappa shape index (κ2) is 7.23. The highest BCUT2D eigenvalue weighted by molar-refractivity contribution is 7.07. The van der Waals surface area contributed by atoms with Crippen LogP contribution in [0.5, 0.6) is 0 Å². The van der Waals surface area contributed by atoms with E-state index in [1.54, 1.807) is 11.3 Å². The van der Waals surface area contributed by atoms with E-state index in [2.05, 4.69) is 21.6 Å². The number of ether oxygens (including phenoxy) is 1. The van der Waals surface area contributed by atoms with Crippen molar-refractivity contribution in [1.29, 1.82) is 0 Å². The summed E-state index contributed by atoms with van der Waals surface area (Å²) in [6, 6.07) is 1.78. The zero-order valence-corrected chi connectivity index (χ0v) is 14.2. The first kappa shape index (κ1) is 16.1. The number of morpholine rings is 1. The minimum Gasteiger partial charge on any atom is -0.423 e. The number of thiophene rings is 1. The van der Waals surface area contributed by atoms with Gasteiger partial charge in [-0.25, -0.2) is 0 Å². The molecule has 1 atom stereocenters. The topological polar surface area (TPSA) is 68.5 Å². The van der Waals surface area contributed by atoms with E-state index in [1.165, 1.54) is 5.56 Å². The van der Waals surface area contributed by atoms with Crippen LogP contribution in [0.4, 0.5) is 0 Å². The molecule has 1 aliphatic heterocycles. The number of carbonyl (C=O) groups excluding carboxylic acids is 1. The molecule has 0 aliphatic carbocycles. The fraction of sp³-hybridized carbons (Fsp3) is 0.562. The molecule has 6 nitrogen and oxygen atoms in total. The van der Waals surface area contributed by atoms with Gasteiger partial charge in [-0.15, -0.1) is 10.2 Å². The molecule has 124 valence electrons. The Morgan fingerprint density at radius 3 is 3.04 bits per heavy atom. The first-order valence-corrected chi connectivity index (χ1v) is 8.81. The quantitative estimate of drug-likeness (QED) is 0.840. The maximum absolute atomic E-state index is 12.6. The smallest absolute Gasteiger partial charge is 0.241 e. The molecule has 0 N–H and O–H groups in total. The number of carbonyl (C=O) groups is 1. The maximum Gasteiger partial charge on any atom is 0.241 e. The molecular formula is C16H21N3O3S. The Hall–Kier alpha value is -1.73. The van der Waals surface area contributed by atoms with E-state index in [1.807, 2.05) is 24.1 Å². The van der Waals surface area contributed by atoms with Crippen LogP contribution in [0.3, 0.4) is 0 Å². The van der Waals surface area contributed by atoms with Gasteiger partial charge in [0.25, 0.3) is 0 Å². The summed E-state index contributed by atoms with van der Waals surface area (Å²) in [5.74, 6) is 1.34. The van der Waals surface area contributed by atoms with Crippen molar-refractivity contribution in [3.8, 4) is 0 Å². The Kier molecular flexibility index (Phi) is 5.07. The summed E-state index contributed by atoms with van der Waals surface area (Å²) in [6.07, 6.45) is 1.24. The molecule has 1 amide bonds. The molecule has 0 saturated carbocycles. The summed E-state index contributed by atoms with van der Waals surface area (Å²) in [4.78, 5) is 14.4. The predicted octanol–water partition coefficient (Wildman–Crippen LogP) is 2.79. The van der Waals surface area contributed by atoms with E-state index in [0.717, 1.165) is 6.42 Å². The molecule has 3 rings (SSSR count). The third-order valence-electron chi connectivity index (χ3n) is 3.89. The van der Waals surface area contributed by atoms with Crippen LogP contribution in [0.25, 0.3) is 0 Å². The maximum atomic E-state index is 12.6. The van der Waals surface area contributed by atoms with Crippen molar-refractivity contribution >= 4 is 17.2 Å². The van der Waals surface area contributed by atoms with Gasteiger partial charge in [0, 0.05) is 18.9 Å². The summed E-state index contributed by atoms with van der Waals surface area (Å²) in [5, 5.41) is 12.3. The number of aryl methyl sites for hydroxylation is 1. The molecule has 2 aromatic rings. The van der Waals surface area contributed by atoms with Gasteiger partial charge in [-0.3, -0.25) is 4.79 Å². The Morgan fingerprint density at radius 2 is 2.35 bits per heavy atom. The van der Waals surface area contributed by atoms with Crippen molar-refractivity contribution in [3.63, 3.8) is 0 Å². The van der Waals surface area contributed by atoms with E-state index in [-0.39, 0.29) is 17.9 Å². The number of hydrogen-bond acceptors (Lipinski definition) is 6. The zero-order valence-electron chi connectivity index (χ0n) is 13.4. The number of hydrogen-bond donors (Lipinski definition) is 0. The largest absolute Gasteiger partial charge is 0.423 e. The fourth-order valence-corrected chi connectivity index (χ4v) is 3.25. The van der Waals surface area contributed by atoms with Gasteiger partial charge in [-0.1, -0.05) is 13.8 Å². The summed E-state index contributed by atoms with van der Waals surface area (Å²) in [7, 11) is 0. The second-order valence-corrected chi connectivity index (χ2v) is 6.72. The van der Waals surface area contributed by atoms with Crippen LogP contribution in [-0.2, 0) is 16.0 Å². The van der Waals surface area contributed by atoms with Crippen molar-refractivity contribution < 1.29 is 13.9 Å². The summed E-state index contributed by atoms with van der Waals surface area (Å²) < 4.78 is 11.2. The van der Waals surface area contributed by atoms with E-state index < -0.39 is 0 Å². The fourth-order valence-electron chi connectivity index (χ4n) is 2.55. The lowest BCUT2D eigenvalue weighted by atomic mass is 10.1. The molecule has 1 unspecified atom stereocenters. The first-order valence-electron chi connectivity index (χ1n) is 7.86. The molecule has 1 aliphatic rings. The van der Waals surface area contributed by atoms with E-state index in [9.17, 15) is 4.79 Å². The molecule has 3 heterocycles. The van der Waals surface area contributed by atoms with Crippen molar-refractivity contribution in [3.05, 3.63) is 34.2 Å². The normalized spacial score (nSPS) is 18.6. The summed E-state index contributed by atoms with van der Waals surface area (Å²) in [6.45, 7) is 5.51. The highest BCUT2D eigenvalue weighted by Gasteiger charge is 2.32. The monoisotopic (exact) mass is 335 g/mol. The molecule has 0 bridgehead atoms. The zero-order chi connectivity index (χ0) is 16.2. The van der Waals surface area contributed by atoms with Crippen LogP contribution in [0.2, 0.25) is 0 Å². The molecular weight excluding hydrogens is 314 g/mol. The predicted molar refractivity (Wildman–Crippen MR) is 86.3 cm³/mol. The van der Waals surface area contributed by atoms with E-state index >= 15 is 0 Å². The molecule has 1 fully saturated rings. The molecule has 23 heavy (non-hydrogen) atoms. The van der Waals surface area contributed by atoms with Crippen molar-refractivity contribution in [2.24, 2.45) is 0 Å². The Labute approximate surface area is 139 Å². The SMILES string of the molecule is CC(C)c1nnc(C2COCCN2C(=O)CCc2ccsc2)o1. The third kappa shape index (κ3) is 3.79. The van der Waals surface area contributed by atoms with Crippen LogP contribution in [0, 0.1) is 0 Å². The lowest BCUT2D eigenvalue weighted by molar-refractivity contribution is -0.141. The summed E-state index contributed by atoms with van der Waals surface area (Å²) >= 11 is 1.65. The standard InChI is InChI=1S/C16H21N3O3S/c1-11(2)15-17-18-16(22-15)13-9-21-7-6-19(13)14(20)4-3-12-5-8-23-10-12/h5,8,10-11,13H,3-4,6-7,9H2,1-2H3. The van der Waals surface area contributed by atoms with Gasteiger partial charge >= 0.3 is 0 Å². The van der Waals surface area contributed by atoms with E-state index in [4.69, 9.17) is 9.15 Å². The lowest BCUT2D eigenvalue weighted by Crippen LogP contribution is -2.43. The molecule has 0 radical (unpaired) electrons. The Bertz CT molecular complexity index is 639. The van der Waals surface area contributed by atoms with Crippen LogP contribution in [0.1, 0.15) is 49.6 Å². The first-order chi connectivity index (χ1) is 11.1. The number of nitrogens with zero attached hydrogens (tertiary/aromatic N) is 3. The van der Waals surface area contributed by atoms with Crippen molar-refractivity contribution in [1.82, 2.24) is 15.1 Å². The molecule has 0 spiro atoms. The van der Waals surface area contributed by atoms with Crippen LogP contribution in [0.15, 0.2) is 21.2 Å². The highest BCUT2D eigenvalue weighted by atomic mass is 32.1. The van der Waals surface area contributed by atoms with Gasteiger partial charge in [0.05, 0.1) is 13.2 Å². The molecule has 2 aromatic heterocycles. The Morgan fingerprint density at radius 1 is 1.48 bits per heavy atom. The van der Waals surface area contributed by atoms with E-state index in [0.29, 0.717) is 38.0 Å². The van der Waals surface area contributed by atoms with Crippen molar-refractivity contribution in [2.45, 2.75) is 38.6 Å². The molecule has 7 heteroatoms. The Balaban J connectivity index is 1.68. The summed E-state index contributed by atoms with van der Waals surface area (Å²) in [5.41, 5.74) is 1.20. The highest BCUT2D eigenvalue weighted by Crippen LogP contribution is 2.26. The molecule has 0 aromatic carbocycles. The van der Waals surface area contributed by atoms with Crippen molar-refractivity contribution in [2.75, 3.05) is 19.8 Å². The van der Waals surface area contributed by atoms with Crippen LogP contribution in [-0.4, -0.2) is 40.8 Å². The van der Waals surface area contributed by atoms with Gasteiger partial charge in [0.15, 0.2) is 0 Å². The number of amides is 1. The number of aromatic nitrogens is 2. The van der Waals surface area contributed by atoms with Crippen LogP contribution < -0.4 is 0 Å². The second-order valence-electron chi connectivity index (χ2n) is 5.94. The third-order valence-corrected chi connectivity index (χ3v) is 4.62. The average molecular weight is 335 g/mol. The average Bonchev–Trinajstić information content (AvgIpc) is 3.24. The van der Waals surface area contributed by atoms with Gasteiger partial charge in [-0.2, -0.15) is 11.3 Å². The number of rotatable bonds is 5. The van der Waals surface area contributed by atoms with Gasteiger partial charge < -0.3 is 14.1 Å². The minimum absolute atomic E-state index is 0.105. The minimum atomic E-state index is -0.279.